The van der Waals surface area contributed by atoms with Crippen molar-refractivity contribution in [1.29, 1.82) is 0 Å². The normalized spacial score (nSPS) is 30.3. The molecule has 1 rings (SSSR count). The van der Waals surface area contributed by atoms with Crippen molar-refractivity contribution < 1.29 is 15.0 Å². The average molecular weight is 160 g/mol. The van der Waals surface area contributed by atoms with Crippen LogP contribution >= 0.6 is 0 Å². The van der Waals surface area contributed by atoms with Crippen LogP contribution in [0, 0.1) is 0 Å². The average Bonchev–Trinajstić information content (AvgIpc) is 2.36. The highest BCUT2D eigenvalue weighted by Gasteiger charge is 2.34. The number of hydrogen-bond acceptors (Lipinski definition) is 3. The van der Waals surface area contributed by atoms with Crippen molar-refractivity contribution in [2.75, 3.05) is 19.7 Å². The van der Waals surface area contributed by atoms with E-state index in [1.165, 1.54) is 0 Å². The van der Waals surface area contributed by atoms with E-state index in [0.717, 1.165) is 6.54 Å². The Morgan fingerprint density at radius 1 is 1.73 bits per heavy atom. The van der Waals surface area contributed by atoms with E-state index in [4.69, 9.17) is 10.2 Å². The zero-order valence-corrected chi connectivity index (χ0v) is 6.13. The van der Waals surface area contributed by atoms with Crippen molar-refractivity contribution in [2.24, 2.45) is 0 Å². The van der Waals surface area contributed by atoms with Crippen LogP contribution in [-0.2, 0) is 0 Å². The molecule has 0 spiro atoms. The standard InChI is InChI=1S/C6H12N2O3/c9-4-6(8-5(10)11)1-2-7-3-6/h7-9H,1-4H2,(H,10,11)/t6-/m1/s1. The lowest BCUT2D eigenvalue weighted by Gasteiger charge is -2.24. The number of nitrogens with one attached hydrogen (secondary N) is 2. The first kappa shape index (κ1) is 8.29. The Bertz CT molecular complexity index is 154. The van der Waals surface area contributed by atoms with Crippen LogP contribution in [-0.4, -0.2) is 41.5 Å². The van der Waals surface area contributed by atoms with Gasteiger partial charge >= 0.3 is 6.09 Å². The van der Waals surface area contributed by atoms with E-state index in [2.05, 4.69) is 10.6 Å². The Labute approximate surface area is 64.4 Å². The first-order valence-electron chi connectivity index (χ1n) is 3.51. The molecule has 0 bridgehead atoms. The summed E-state index contributed by atoms with van der Waals surface area (Å²) in [6.07, 6.45) is -0.432. The summed E-state index contributed by atoms with van der Waals surface area (Å²) in [5.74, 6) is 0. The summed E-state index contributed by atoms with van der Waals surface area (Å²) >= 11 is 0. The second kappa shape index (κ2) is 3.06. The highest BCUT2D eigenvalue weighted by atomic mass is 16.4. The lowest BCUT2D eigenvalue weighted by Crippen LogP contribution is -2.52. The maximum absolute atomic E-state index is 10.3. The van der Waals surface area contributed by atoms with Crippen LogP contribution in [0.15, 0.2) is 0 Å². The molecule has 5 nitrogen and oxygen atoms in total. The molecule has 0 aliphatic carbocycles. The third kappa shape index (κ3) is 1.81. The Kier molecular flexibility index (Phi) is 2.31. The summed E-state index contributed by atoms with van der Waals surface area (Å²) in [5, 5.41) is 22.6. The van der Waals surface area contributed by atoms with Crippen molar-refractivity contribution in [3.8, 4) is 0 Å². The molecule has 1 aliphatic rings. The fourth-order valence-electron chi connectivity index (χ4n) is 1.25. The van der Waals surface area contributed by atoms with Gasteiger partial charge in [-0.25, -0.2) is 4.79 Å². The predicted octanol–water partition coefficient (Wildman–Crippen LogP) is -1.02. The molecule has 0 aromatic carbocycles. The van der Waals surface area contributed by atoms with Crippen LogP contribution < -0.4 is 10.6 Å². The van der Waals surface area contributed by atoms with Gasteiger partial charge in [0.2, 0.25) is 0 Å². The van der Waals surface area contributed by atoms with E-state index in [0.29, 0.717) is 13.0 Å². The number of hydrogen-bond donors (Lipinski definition) is 4. The van der Waals surface area contributed by atoms with Crippen LogP contribution in [0.2, 0.25) is 0 Å². The number of carbonyl (C=O) groups is 1. The van der Waals surface area contributed by atoms with Crippen LogP contribution in [0.5, 0.6) is 0 Å². The van der Waals surface area contributed by atoms with E-state index < -0.39 is 11.6 Å². The maximum Gasteiger partial charge on any atom is 0.405 e. The van der Waals surface area contributed by atoms with Crippen molar-refractivity contribution in [2.45, 2.75) is 12.0 Å². The van der Waals surface area contributed by atoms with Crippen molar-refractivity contribution in [1.82, 2.24) is 10.6 Å². The van der Waals surface area contributed by atoms with E-state index in [1.54, 1.807) is 0 Å². The molecule has 0 aromatic rings. The molecule has 11 heavy (non-hydrogen) atoms. The van der Waals surface area contributed by atoms with E-state index >= 15 is 0 Å². The Balaban J connectivity index is 2.52. The van der Waals surface area contributed by atoms with Gasteiger partial charge in [0.05, 0.1) is 12.1 Å². The zero-order chi connectivity index (χ0) is 8.32. The molecule has 5 heteroatoms. The van der Waals surface area contributed by atoms with Gasteiger partial charge in [-0.2, -0.15) is 0 Å². The van der Waals surface area contributed by atoms with E-state index in [-0.39, 0.29) is 6.61 Å². The van der Waals surface area contributed by atoms with Crippen molar-refractivity contribution in [3.05, 3.63) is 0 Å². The minimum absolute atomic E-state index is 0.147. The van der Waals surface area contributed by atoms with Crippen LogP contribution in [0.4, 0.5) is 4.79 Å². The number of rotatable bonds is 2. The molecule has 0 saturated carbocycles. The summed E-state index contributed by atoms with van der Waals surface area (Å²) in [7, 11) is 0. The summed E-state index contributed by atoms with van der Waals surface area (Å²) in [4.78, 5) is 10.3. The van der Waals surface area contributed by atoms with Crippen molar-refractivity contribution >= 4 is 6.09 Å². The smallest absolute Gasteiger partial charge is 0.405 e. The third-order valence-corrected chi connectivity index (χ3v) is 1.92. The first-order valence-corrected chi connectivity index (χ1v) is 3.51. The molecular weight excluding hydrogens is 148 g/mol. The van der Waals surface area contributed by atoms with Gasteiger partial charge in [-0.1, -0.05) is 0 Å². The predicted molar refractivity (Wildman–Crippen MR) is 38.5 cm³/mol. The first-order chi connectivity index (χ1) is 5.18. The van der Waals surface area contributed by atoms with Crippen molar-refractivity contribution in [3.63, 3.8) is 0 Å². The van der Waals surface area contributed by atoms with Crippen LogP contribution in [0.1, 0.15) is 6.42 Å². The minimum Gasteiger partial charge on any atom is -0.465 e. The summed E-state index contributed by atoms with van der Waals surface area (Å²) in [5.41, 5.74) is -0.647. The molecule has 1 aliphatic heterocycles. The highest BCUT2D eigenvalue weighted by Crippen LogP contribution is 2.12. The molecule has 0 unspecified atom stereocenters. The quantitative estimate of drug-likeness (QED) is 0.416. The molecule has 64 valence electrons. The van der Waals surface area contributed by atoms with E-state index in [1.807, 2.05) is 0 Å². The van der Waals surface area contributed by atoms with Gasteiger partial charge in [0, 0.05) is 6.54 Å². The number of aliphatic hydroxyl groups excluding tert-OH is 1. The minimum atomic E-state index is -1.08. The van der Waals surface area contributed by atoms with Crippen LogP contribution in [0.25, 0.3) is 0 Å². The Hall–Kier alpha value is -0.810. The molecule has 1 amide bonds. The second-order valence-electron chi connectivity index (χ2n) is 2.80. The van der Waals surface area contributed by atoms with E-state index in [9.17, 15) is 4.79 Å². The van der Waals surface area contributed by atoms with Gasteiger partial charge in [-0.3, -0.25) is 0 Å². The number of carboxylic acid groups (broad SMARTS) is 1. The third-order valence-electron chi connectivity index (χ3n) is 1.92. The van der Waals surface area contributed by atoms with Gasteiger partial charge in [-0.15, -0.1) is 0 Å². The highest BCUT2D eigenvalue weighted by molar-refractivity contribution is 5.65. The molecule has 1 heterocycles. The second-order valence-corrected chi connectivity index (χ2v) is 2.80. The topological polar surface area (TPSA) is 81.6 Å². The van der Waals surface area contributed by atoms with Gasteiger partial charge < -0.3 is 20.8 Å². The Morgan fingerprint density at radius 3 is 2.82 bits per heavy atom. The summed E-state index contributed by atoms with van der Waals surface area (Å²) < 4.78 is 0. The van der Waals surface area contributed by atoms with Crippen LogP contribution in [0.3, 0.4) is 0 Å². The molecule has 1 saturated heterocycles. The summed E-state index contributed by atoms with van der Waals surface area (Å²) in [6.45, 7) is 1.11. The maximum atomic E-state index is 10.3. The lowest BCUT2D eigenvalue weighted by atomic mass is 10.0. The molecular formula is C6H12N2O3. The van der Waals surface area contributed by atoms with Gasteiger partial charge in [-0.05, 0) is 13.0 Å². The fourth-order valence-corrected chi connectivity index (χ4v) is 1.25. The summed E-state index contributed by atoms with van der Waals surface area (Å²) in [6, 6.07) is 0. The van der Waals surface area contributed by atoms with Gasteiger partial charge in [0.15, 0.2) is 0 Å². The van der Waals surface area contributed by atoms with Gasteiger partial charge in [0.1, 0.15) is 0 Å². The number of aliphatic hydroxyl groups is 1. The molecule has 4 N–H and O–H groups in total. The molecule has 0 radical (unpaired) electrons. The largest absolute Gasteiger partial charge is 0.465 e. The molecule has 0 aromatic heterocycles. The SMILES string of the molecule is O=C(O)N[C@]1(CO)CCNC1. The molecule has 1 atom stereocenters. The monoisotopic (exact) mass is 160 g/mol. The molecule has 1 fully saturated rings. The van der Waals surface area contributed by atoms with Gasteiger partial charge in [0.25, 0.3) is 0 Å². The zero-order valence-electron chi connectivity index (χ0n) is 6.13. The Morgan fingerprint density at radius 2 is 2.45 bits per heavy atom. The number of amides is 1. The lowest BCUT2D eigenvalue weighted by molar-refractivity contribution is 0.146. The fraction of sp³-hybridized carbons (Fsp3) is 0.833.